The molecule has 0 aliphatic carbocycles. The van der Waals surface area contributed by atoms with Gasteiger partial charge in [0.1, 0.15) is 0 Å². The molecule has 1 aromatic heterocycles. The van der Waals surface area contributed by atoms with Crippen LogP contribution in [-0.2, 0) is 0 Å². The summed E-state index contributed by atoms with van der Waals surface area (Å²) in [7, 11) is 0. The van der Waals surface area contributed by atoms with Gasteiger partial charge in [0.05, 0.1) is 11.0 Å². The largest absolute Gasteiger partial charge is 0.248 e. The third kappa shape index (κ3) is 2.27. The molecular formula is C21H15N. The van der Waals surface area contributed by atoms with Gasteiger partial charge < -0.3 is 0 Å². The lowest BCUT2D eigenvalue weighted by molar-refractivity contribution is 1.49. The zero-order valence-electron chi connectivity index (χ0n) is 12.1. The summed E-state index contributed by atoms with van der Waals surface area (Å²) in [4.78, 5) is 4.76. The van der Waals surface area contributed by atoms with Crippen molar-refractivity contribution in [3.8, 4) is 0 Å². The van der Waals surface area contributed by atoms with Crippen LogP contribution in [0.1, 0.15) is 11.1 Å². The molecule has 0 unspecified atom stereocenters. The fourth-order valence-electron chi connectivity index (χ4n) is 2.80. The summed E-state index contributed by atoms with van der Waals surface area (Å²) in [6.07, 6.45) is 4.36. The number of pyridine rings is 1. The van der Waals surface area contributed by atoms with Crippen LogP contribution in [0, 0.1) is 0 Å². The van der Waals surface area contributed by atoms with Gasteiger partial charge >= 0.3 is 0 Å². The first kappa shape index (κ1) is 12.8. The molecule has 0 aliphatic heterocycles. The normalized spacial score (nSPS) is 11.5. The highest BCUT2D eigenvalue weighted by Crippen LogP contribution is 2.27. The van der Waals surface area contributed by atoms with Crippen molar-refractivity contribution in [1.82, 2.24) is 4.98 Å². The second-order valence-corrected chi connectivity index (χ2v) is 5.30. The molecule has 0 saturated heterocycles. The maximum atomic E-state index is 4.76. The number of para-hydroxylation sites is 2. The molecule has 0 spiro atoms. The van der Waals surface area contributed by atoms with Gasteiger partial charge in [-0.1, -0.05) is 78.9 Å². The van der Waals surface area contributed by atoms with E-state index >= 15 is 0 Å². The summed E-state index contributed by atoms with van der Waals surface area (Å²) in [5.41, 5.74) is 4.50. The van der Waals surface area contributed by atoms with E-state index in [1.165, 1.54) is 21.9 Å². The van der Waals surface area contributed by atoms with E-state index in [9.17, 15) is 0 Å². The molecular weight excluding hydrogens is 266 g/mol. The molecule has 4 rings (SSSR count). The third-order valence-electron chi connectivity index (χ3n) is 3.87. The lowest BCUT2D eigenvalue weighted by Crippen LogP contribution is -1.87. The Morgan fingerprint density at radius 1 is 0.545 bits per heavy atom. The van der Waals surface area contributed by atoms with E-state index in [1.54, 1.807) is 0 Å². The average Bonchev–Trinajstić information content (AvgIpc) is 2.59. The SMILES string of the molecule is C(=C\c1c2ccccc2nc2ccccc12)/c1ccccc1. The van der Waals surface area contributed by atoms with Crippen LogP contribution in [0.3, 0.4) is 0 Å². The van der Waals surface area contributed by atoms with Crippen LogP contribution in [0.5, 0.6) is 0 Å². The number of aromatic nitrogens is 1. The van der Waals surface area contributed by atoms with Crippen molar-refractivity contribution in [1.29, 1.82) is 0 Å². The summed E-state index contributed by atoms with van der Waals surface area (Å²) in [5.74, 6) is 0. The van der Waals surface area contributed by atoms with Crippen LogP contribution in [0.25, 0.3) is 34.0 Å². The van der Waals surface area contributed by atoms with E-state index in [1.807, 2.05) is 18.2 Å². The summed E-state index contributed by atoms with van der Waals surface area (Å²) in [6.45, 7) is 0. The lowest BCUT2D eigenvalue weighted by Gasteiger charge is -2.07. The van der Waals surface area contributed by atoms with E-state index in [0.29, 0.717) is 0 Å². The Hall–Kier alpha value is -2.93. The van der Waals surface area contributed by atoms with Crippen molar-refractivity contribution in [3.63, 3.8) is 0 Å². The molecule has 0 radical (unpaired) electrons. The zero-order valence-corrected chi connectivity index (χ0v) is 12.1. The highest BCUT2D eigenvalue weighted by molar-refractivity contribution is 6.04. The van der Waals surface area contributed by atoms with Gasteiger partial charge in [0.2, 0.25) is 0 Å². The monoisotopic (exact) mass is 281 g/mol. The van der Waals surface area contributed by atoms with Crippen LogP contribution in [0.15, 0.2) is 78.9 Å². The Kier molecular flexibility index (Phi) is 3.17. The first-order chi connectivity index (χ1) is 10.9. The number of rotatable bonds is 2. The molecule has 1 heterocycles. The van der Waals surface area contributed by atoms with Gasteiger partial charge in [-0.25, -0.2) is 4.98 Å². The molecule has 0 N–H and O–H groups in total. The van der Waals surface area contributed by atoms with Crippen molar-refractivity contribution in [2.24, 2.45) is 0 Å². The van der Waals surface area contributed by atoms with Gasteiger partial charge in [0, 0.05) is 10.8 Å². The molecule has 4 aromatic rings. The smallest absolute Gasteiger partial charge is 0.0715 e. The summed E-state index contributed by atoms with van der Waals surface area (Å²) >= 11 is 0. The fourth-order valence-corrected chi connectivity index (χ4v) is 2.80. The molecule has 0 aliphatic rings. The van der Waals surface area contributed by atoms with Gasteiger partial charge in [0.15, 0.2) is 0 Å². The number of fused-ring (bicyclic) bond motifs is 2. The van der Waals surface area contributed by atoms with E-state index in [-0.39, 0.29) is 0 Å². The number of hydrogen-bond donors (Lipinski definition) is 0. The first-order valence-corrected chi connectivity index (χ1v) is 7.42. The van der Waals surface area contributed by atoms with Crippen LogP contribution >= 0.6 is 0 Å². The summed E-state index contributed by atoms with van der Waals surface area (Å²) < 4.78 is 0. The quantitative estimate of drug-likeness (QED) is 0.438. The van der Waals surface area contributed by atoms with E-state index < -0.39 is 0 Å². The Bertz CT molecular complexity index is 915. The maximum absolute atomic E-state index is 4.76. The minimum absolute atomic E-state index is 1.04. The molecule has 22 heavy (non-hydrogen) atoms. The molecule has 104 valence electrons. The van der Waals surface area contributed by atoms with E-state index in [2.05, 4.69) is 72.8 Å². The topological polar surface area (TPSA) is 12.9 Å². The van der Waals surface area contributed by atoms with Crippen molar-refractivity contribution in [2.45, 2.75) is 0 Å². The van der Waals surface area contributed by atoms with Gasteiger partial charge in [-0.3, -0.25) is 0 Å². The van der Waals surface area contributed by atoms with Crippen molar-refractivity contribution >= 4 is 34.0 Å². The number of hydrogen-bond acceptors (Lipinski definition) is 1. The maximum Gasteiger partial charge on any atom is 0.0715 e. The highest BCUT2D eigenvalue weighted by Gasteiger charge is 2.05. The van der Waals surface area contributed by atoms with Crippen molar-refractivity contribution < 1.29 is 0 Å². The van der Waals surface area contributed by atoms with Gasteiger partial charge in [0.25, 0.3) is 0 Å². The molecule has 1 heteroatoms. The Labute approximate surface area is 129 Å². The van der Waals surface area contributed by atoms with Crippen LogP contribution in [-0.4, -0.2) is 4.98 Å². The van der Waals surface area contributed by atoms with Gasteiger partial charge in [-0.2, -0.15) is 0 Å². The van der Waals surface area contributed by atoms with Crippen LogP contribution < -0.4 is 0 Å². The van der Waals surface area contributed by atoms with Gasteiger partial charge in [-0.15, -0.1) is 0 Å². The summed E-state index contributed by atoms with van der Waals surface area (Å²) in [6, 6.07) is 27.0. The predicted molar refractivity (Wildman–Crippen MR) is 94.6 cm³/mol. The van der Waals surface area contributed by atoms with E-state index in [4.69, 9.17) is 4.98 Å². The van der Waals surface area contributed by atoms with Crippen LogP contribution in [0.4, 0.5) is 0 Å². The molecule has 0 atom stereocenters. The number of benzene rings is 3. The molecule has 1 nitrogen and oxygen atoms in total. The Balaban J connectivity index is 1.98. The Morgan fingerprint density at radius 3 is 1.73 bits per heavy atom. The fraction of sp³-hybridized carbons (Fsp3) is 0. The molecule has 0 amide bonds. The molecule has 0 bridgehead atoms. The van der Waals surface area contributed by atoms with Crippen LogP contribution in [0.2, 0.25) is 0 Å². The predicted octanol–water partition coefficient (Wildman–Crippen LogP) is 5.56. The van der Waals surface area contributed by atoms with Crippen molar-refractivity contribution in [3.05, 3.63) is 90.0 Å². The van der Waals surface area contributed by atoms with E-state index in [0.717, 1.165) is 11.0 Å². The third-order valence-corrected chi connectivity index (χ3v) is 3.87. The average molecular weight is 281 g/mol. The second kappa shape index (κ2) is 5.45. The highest BCUT2D eigenvalue weighted by atomic mass is 14.7. The Morgan fingerprint density at radius 2 is 1.09 bits per heavy atom. The minimum Gasteiger partial charge on any atom is -0.248 e. The summed E-state index contributed by atoms with van der Waals surface area (Å²) in [5, 5.41) is 2.38. The van der Waals surface area contributed by atoms with Crippen molar-refractivity contribution in [2.75, 3.05) is 0 Å². The zero-order chi connectivity index (χ0) is 14.8. The first-order valence-electron chi connectivity index (χ1n) is 7.42. The molecule has 0 fully saturated rings. The molecule has 0 saturated carbocycles. The minimum atomic E-state index is 1.04. The number of nitrogens with zero attached hydrogens (tertiary/aromatic N) is 1. The second-order valence-electron chi connectivity index (χ2n) is 5.30. The molecule has 3 aromatic carbocycles. The standard InChI is InChI=1S/C21H15N/c1-2-8-16(9-3-1)14-15-17-18-10-4-6-12-20(18)22-21-13-7-5-11-19(17)21/h1-15H/b15-14+. The lowest BCUT2D eigenvalue weighted by atomic mass is 10.0. The van der Waals surface area contributed by atoms with Gasteiger partial charge in [-0.05, 0) is 23.3 Å².